The number of hydrogen-bond acceptors (Lipinski definition) is 3. The summed E-state index contributed by atoms with van der Waals surface area (Å²) in [5.74, 6) is 0.413. The molecule has 2 atom stereocenters. The number of fused-ring (bicyclic) bond motifs is 1. The van der Waals surface area contributed by atoms with Crippen molar-refractivity contribution in [2.24, 2.45) is 5.41 Å². The van der Waals surface area contributed by atoms with Crippen LogP contribution in [0.3, 0.4) is 0 Å². The summed E-state index contributed by atoms with van der Waals surface area (Å²) in [6.45, 7) is 3.54. The summed E-state index contributed by atoms with van der Waals surface area (Å²) in [7, 11) is 2.20. The molecule has 0 spiro atoms. The highest BCUT2D eigenvalue weighted by Gasteiger charge is 2.50. The first-order chi connectivity index (χ1) is 12.6. The SMILES string of the molecule is CN1Cc2ccccc2C(C2(C3CN(C(=O)O)CCO3)CCCCC2)C1. The number of amides is 1. The summed E-state index contributed by atoms with van der Waals surface area (Å²) in [6, 6.07) is 8.83. The molecule has 26 heavy (non-hydrogen) atoms. The second-order valence-corrected chi connectivity index (χ2v) is 8.33. The lowest BCUT2D eigenvalue weighted by Gasteiger charge is -2.53. The van der Waals surface area contributed by atoms with E-state index in [4.69, 9.17) is 4.74 Å². The number of benzene rings is 1. The minimum atomic E-state index is -0.814. The number of nitrogens with zero attached hydrogens (tertiary/aromatic N) is 2. The Morgan fingerprint density at radius 1 is 1.19 bits per heavy atom. The Kier molecular flexibility index (Phi) is 4.93. The maximum atomic E-state index is 11.6. The van der Waals surface area contributed by atoms with Gasteiger partial charge >= 0.3 is 6.09 Å². The van der Waals surface area contributed by atoms with Crippen LogP contribution >= 0.6 is 0 Å². The monoisotopic (exact) mass is 358 g/mol. The van der Waals surface area contributed by atoms with Crippen LogP contribution in [0.1, 0.15) is 49.1 Å². The summed E-state index contributed by atoms with van der Waals surface area (Å²) < 4.78 is 6.28. The minimum absolute atomic E-state index is 0.00259. The molecule has 1 aliphatic carbocycles. The number of carbonyl (C=O) groups is 1. The third-order valence-corrected chi connectivity index (χ3v) is 6.82. The van der Waals surface area contributed by atoms with Gasteiger partial charge in [-0.3, -0.25) is 0 Å². The number of ether oxygens (including phenoxy) is 1. The molecular formula is C21H30N2O3. The second-order valence-electron chi connectivity index (χ2n) is 8.33. The van der Waals surface area contributed by atoms with Gasteiger partial charge in [-0.1, -0.05) is 43.5 Å². The van der Waals surface area contributed by atoms with Crippen LogP contribution in [0, 0.1) is 5.41 Å². The van der Waals surface area contributed by atoms with Gasteiger partial charge in [-0.05, 0) is 31.0 Å². The van der Waals surface area contributed by atoms with Gasteiger partial charge in [0.1, 0.15) is 0 Å². The van der Waals surface area contributed by atoms with E-state index in [0.717, 1.165) is 25.9 Å². The summed E-state index contributed by atoms with van der Waals surface area (Å²) >= 11 is 0. The number of likely N-dealkylation sites (N-methyl/N-ethyl adjacent to an activating group) is 1. The van der Waals surface area contributed by atoms with Gasteiger partial charge in [-0.25, -0.2) is 4.79 Å². The van der Waals surface area contributed by atoms with Gasteiger partial charge in [0.05, 0.1) is 19.3 Å². The molecule has 1 N–H and O–H groups in total. The normalized spacial score (nSPS) is 29.2. The van der Waals surface area contributed by atoms with E-state index < -0.39 is 6.09 Å². The predicted molar refractivity (Wildman–Crippen MR) is 100 cm³/mol. The molecule has 2 heterocycles. The Labute approximate surface area is 155 Å². The average molecular weight is 358 g/mol. The first-order valence-electron chi connectivity index (χ1n) is 9.96. The van der Waals surface area contributed by atoms with Gasteiger partial charge < -0.3 is 19.6 Å². The Morgan fingerprint density at radius 3 is 2.73 bits per heavy atom. The Bertz CT molecular complexity index is 656. The van der Waals surface area contributed by atoms with E-state index in [-0.39, 0.29) is 11.5 Å². The molecule has 0 bridgehead atoms. The molecule has 1 saturated heterocycles. The van der Waals surface area contributed by atoms with Crippen LogP contribution in [0.2, 0.25) is 0 Å². The van der Waals surface area contributed by atoms with Crippen LogP contribution in [0.15, 0.2) is 24.3 Å². The lowest BCUT2D eigenvalue weighted by Crippen LogP contribution is -2.56. The van der Waals surface area contributed by atoms with Crippen molar-refractivity contribution < 1.29 is 14.6 Å². The third-order valence-electron chi connectivity index (χ3n) is 6.82. The molecule has 1 aromatic carbocycles. The molecule has 5 nitrogen and oxygen atoms in total. The first-order valence-corrected chi connectivity index (χ1v) is 9.96. The van der Waals surface area contributed by atoms with Crippen LogP contribution in [0.5, 0.6) is 0 Å². The first kappa shape index (κ1) is 17.8. The van der Waals surface area contributed by atoms with Crippen LogP contribution in [0.25, 0.3) is 0 Å². The maximum absolute atomic E-state index is 11.6. The standard InChI is InChI=1S/C21H30N2O3/c1-22-13-16-7-3-4-8-17(16)18(14-22)21(9-5-2-6-10-21)19-15-23(20(24)25)11-12-26-19/h3-4,7-8,18-19H,2,5-6,9-15H2,1H3,(H,24,25). The lowest BCUT2D eigenvalue weighted by molar-refractivity contribution is -0.117. The van der Waals surface area contributed by atoms with Crippen molar-refractivity contribution in [3.8, 4) is 0 Å². The molecule has 2 fully saturated rings. The molecule has 1 aromatic rings. The fourth-order valence-corrected chi connectivity index (χ4v) is 5.55. The third kappa shape index (κ3) is 3.12. The van der Waals surface area contributed by atoms with Crippen molar-refractivity contribution in [2.75, 3.05) is 33.3 Å². The zero-order valence-corrected chi connectivity index (χ0v) is 15.7. The van der Waals surface area contributed by atoms with Gasteiger partial charge in [0, 0.05) is 31.0 Å². The van der Waals surface area contributed by atoms with Gasteiger partial charge in [-0.2, -0.15) is 0 Å². The van der Waals surface area contributed by atoms with Crippen molar-refractivity contribution in [1.82, 2.24) is 9.80 Å². The van der Waals surface area contributed by atoms with E-state index >= 15 is 0 Å². The zero-order valence-electron chi connectivity index (χ0n) is 15.7. The largest absolute Gasteiger partial charge is 0.465 e. The Morgan fingerprint density at radius 2 is 1.96 bits per heavy atom. The zero-order chi connectivity index (χ0) is 18.1. The van der Waals surface area contributed by atoms with E-state index in [1.807, 2.05) is 0 Å². The molecule has 3 aliphatic rings. The molecule has 1 saturated carbocycles. The quantitative estimate of drug-likeness (QED) is 0.878. The maximum Gasteiger partial charge on any atom is 0.407 e. The number of carboxylic acid groups (broad SMARTS) is 1. The van der Waals surface area contributed by atoms with E-state index in [1.165, 1.54) is 30.4 Å². The van der Waals surface area contributed by atoms with E-state index in [0.29, 0.717) is 25.6 Å². The molecular weight excluding hydrogens is 328 g/mol. The fraction of sp³-hybridized carbons (Fsp3) is 0.667. The lowest BCUT2D eigenvalue weighted by atomic mass is 9.59. The Hall–Kier alpha value is -1.59. The average Bonchev–Trinajstić information content (AvgIpc) is 2.68. The van der Waals surface area contributed by atoms with Crippen molar-refractivity contribution in [3.05, 3.63) is 35.4 Å². The number of morpholine rings is 1. The van der Waals surface area contributed by atoms with Crippen LogP contribution < -0.4 is 0 Å². The highest BCUT2D eigenvalue weighted by atomic mass is 16.5. The van der Waals surface area contributed by atoms with Gasteiger partial charge in [0.2, 0.25) is 0 Å². The van der Waals surface area contributed by atoms with Crippen molar-refractivity contribution in [2.45, 2.75) is 50.7 Å². The van der Waals surface area contributed by atoms with Crippen molar-refractivity contribution in [3.63, 3.8) is 0 Å². The van der Waals surface area contributed by atoms with Crippen LogP contribution in [0.4, 0.5) is 4.79 Å². The van der Waals surface area contributed by atoms with Crippen molar-refractivity contribution >= 4 is 6.09 Å². The van der Waals surface area contributed by atoms with E-state index in [2.05, 4.69) is 36.2 Å². The second kappa shape index (κ2) is 7.20. The molecule has 2 aliphatic heterocycles. The molecule has 5 heteroatoms. The molecule has 2 unspecified atom stereocenters. The van der Waals surface area contributed by atoms with E-state index in [1.54, 1.807) is 4.90 Å². The topological polar surface area (TPSA) is 53.0 Å². The van der Waals surface area contributed by atoms with Gasteiger partial charge in [0.25, 0.3) is 0 Å². The summed E-state index contributed by atoms with van der Waals surface area (Å²) in [5.41, 5.74) is 2.92. The molecule has 1 amide bonds. The summed E-state index contributed by atoms with van der Waals surface area (Å²) in [6.07, 6.45) is 5.17. The number of hydrogen-bond donors (Lipinski definition) is 1. The summed E-state index contributed by atoms with van der Waals surface area (Å²) in [5, 5.41) is 9.51. The highest BCUT2D eigenvalue weighted by molar-refractivity contribution is 5.65. The van der Waals surface area contributed by atoms with Crippen molar-refractivity contribution in [1.29, 1.82) is 0 Å². The Balaban J connectivity index is 1.72. The summed E-state index contributed by atoms with van der Waals surface area (Å²) in [4.78, 5) is 15.6. The van der Waals surface area contributed by atoms with Crippen LogP contribution in [-0.2, 0) is 11.3 Å². The molecule has 0 radical (unpaired) electrons. The number of rotatable bonds is 2. The van der Waals surface area contributed by atoms with Gasteiger partial charge in [-0.15, -0.1) is 0 Å². The van der Waals surface area contributed by atoms with Crippen LogP contribution in [-0.4, -0.2) is 60.4 Å². The molecule has 0 aromatic heterocycles. The smallest absolute Gasteiger partial charge is 0.407 e. The predicted octanol–water partition coefficient (Wildman–Crippen LogP) is 3.54. The fourth-order valence-electron chi connectivity index (χ4n) is 5.55. The highest BCUT2D eigenvalue weighted by Crippen LogP contribution is 2.53. The molecule has 4 rings (SSSR count). The molecule has 142 valence electrons. The minimum Gasteiger partial charge on any atom is -0.465 e. The van der Waals surface area contributed by atoms with Gasteiger partial charge in [0.15, 0.2) is 0 Å². The van der Waals surface area contributed by atoms with E-state index in [9.17, 15) is 9.90 Å².